The number of unbranched alkanes of at least 4 members (excludes halogenated alkanes) is 2. The van der Waals surface area contributed by atoms with Gasteiger partial charge in [-0.25, -0.2) is 0 Å². The number of rotatable bonds is 8. The summed E-state index contributed by atoms with van der Waals surface area (Å²) in [6, 6.07) is 0. The molecule has 0 fully saturated rings. The largest absolute Gasteiger partial charge is 0.168 e. The molecule has 0 aliphatic rings. The van der Waals surface area contributed by atoms with Crippen LogP contribution in [0.25, 0.3) is 0 Å². The van der Waals surface area contributed by atoms with Crippen LogP contribution in [0.3, 0.4) is 0 Å². The van der Waals surface area contributed by atoms with Crippen LogP contribution >= 0.6 is 0 Å². The van der Waals surface area contributed by atoms with Gasteiger partial charge in [0.15, 0.2) is 0 Å². The van der Waals surface area contributed by atoms with Gasteiger partial charge in [-0.05, 0) is 26.2 Å². The topological polar surface area (TPSA) is 53.8 Å². The molecule has 0 aromatic carbocycles. The highest BCUT2D eigenvalue weighted by atomic mass is 16.3. The molecule has 0 unspecified atom stereocenters. The Morgan fingerprint density at radius 3 is 2.67 bits per heavy atom. The molecule has 0 aliphatic carbocycles. The summed E-state index contributed by atoms with van der Waals surface area (Å²) in [5.74, 6) is 0. The molecule has 0 aromatic rings. The second-order valence-corrected chi connectivity index (χ2v) is 2.77. The van der Waals surface area contributed by atoms with Gasteiger partial charge in [0.25, 0.3) is 0 Å². The molecule has 0 rings (SSSR count). The zero-order valence-electron chi connectivity index (χ0n) is 8.97. The molecule has 0 atom stereocenters. The first kappa shape index (κ1) is 13.3. The van der Waals surface area contributed by atoms with Crippen LogP contribution in [-0.2, 0) is 0 Å². The minimum absolute atomic E-state index is 0.839. The number of nitroso groups, excluding NO2 is 1. The Kier molecular flexibility index (Phi) is 10.9. The summed E-state index contributed by atoms with van der Waals surface area (Å²) in [5, 5.41) is 5.93. The van der Waals surface area contributed by atoms with E-state index in [0.717, 1.165) is 19.3 Å². The van der Waals surface area contributed by atoms with Crippen molar-refractivity contribution in [3.63, 3.8) is 0 Å². The van der Waals surface area contributed by atoms with Gasteiger partial charge in [0.1, 0.15) is 0 Å². The highest BCUT2D eigenvalue weighted by Gasteiger charge is 1.80. The predicted octanol–water partition coefficient (Wildman–Crippen LogP) is 3.10. The monoisotopic (exact) mass is 207 g/mol. The molecule has 0 radical (unpaired) electrons. The van der Waals surface area contributed by atoms with Crippen molar-refractivity contribution >= 4 is 6.21 Å². The standard InChI is InChI=1S/C11H17N3O/c1-2-3-4-5-6-7-8-9-10-11-12-13-14-15/h2-7,11H,8-10H2,1H3,(H,13,15)/b3-2+,5-4+,7-6+,12-11+. The molecule has 0 amide bonds. The zero-order chi connectivity index (χ0) is 11.2. The smallest absolute Gasteiger partial charge is 0.0722 e. The molecule has 0 heterocycles. The fourth-order valence-electron chi connectivity index (χ4n) is 0.870. The Morgan fingerprint density at radius 1 is 1.13 bits per heavy atom. The van der Waals surface area contributed by atoms with Gasteiger partial charge in [-0.1, -0.05) is 36.5 Å². The van der Waals surface area contributed by atoms with Crippen LogP contribution in [0.1, 0.15) is 26.2 Å². The molecule has 4 nitrogen and oxygen atoms in total. The van der Waals surface area contributed by atoms with Crippen LogP contribution < -0.4 is 5.53 Å². The Hall–Kier alpha value is -1.71. The van der Waals surface area contributed by atoms with Crippen LogP contribution in [0.5, 0.6) is 0 Å². The van der Waals surface area contributed by atoms with Gasteiger partial charge in [0.2, 0.25) is 0 Å². The number of nitrogens with one attached hydrogen (secondary N) is 1. The van der Waals surface area contributed by atoms with Crippen molar-refractivity contribution in [1.82, 2.24) is 5.53 Å². The van der Waals surface area contributed by atoms with E-state index >= 15 is 0 Å². The lowest BCUT2D eigenvalue weighted by Gasteiger charge is -1.88. The van der Waals surface area contributed by atoms with Crippen molar-refractivity contribution in [2.75, 3.05) is 0 Å². The van der Waals surface area contributed by atoms with Crippen molar-refractivity contribution < 1.29 is 0 Å². The first-order valence-electron chi connectivity index (χ1n) is 4.95. The Balaban J connectivity index is 3.33. The molecule has 0 aromatic heterocycles. The predicted molar refractivity (Wildman–Crippen MR) is 64.4 cm³/mol. The van der Waals surface area contributed by atoms with Crippen LogP contribution in [0.2, 0.25) is 0 Å². The first-order valence-corrected chi connectivity index (χ1v) is 4.95. The SMILES string of the molecule is C/C=C/C=C/C=C/CCC/C=N/NN=O. The second-order valence-electron chi connectivity index (χ2n) is 2.77. The lowest BCUT2D eigenvalue weighted by molar-refractivity contribution is 0.792. The highest BCUT2D eigenvalue weighted by molar-refractivity contribution is 5.56. The summed E-state index contributed by atoms with van der Waals surface area (Å²) < 4.78 is 0. The Labute approximate surface area is 90.4 Å². The fourth-order valence-corrected chi connectivity index (χ4v) is 0.870. The molecular formula is C11H17N3O. The summed E-state index contributed by atoms with van der Waals surface area (Å²) in [4.78, 5) is 9.57. The van der Waals surface area contributed by atoms with E-state index in [0.29, 0.717) is 0 Å². The van der Waals surface area contributed by atoms with Gasteiger partial charge < -0.3 is 0 Å². The van der Waals surface area contributed by atoms with Crippen LogP contribution in [0.15, 0.2) is 46.8 Å². The van der Waals surface area contributed by atoms with E-state index in [9.17, 15) is 4.91 Å². The van der Waals surface area contributed by atoms with Gasteiger partial charge in [0.05, 0.1) is 5.29 Å². The Morgan fingerprint density at radius 2 is 1.93 bits per heavy atom. The number of nitrogens with zero attached hydrogens (tertiary/aromatic N) is 2. The van der Waals surface area contributed by atoms with Crippen molar-refractivity contribution in [2.24, 2.45) is 10.4 Å². The van der Waals surface area contributed by atoms with E-state index in [1.807, 2.05) is 42.8 Å². The molecule has 4 heteroatoms. The van der Waals surface area contributed by atoms with Crippen molar-refractivity contribution in [3.8, 4) is 0 Å². The molecule has 0 spiro atoms. The number of allylic oxidation sites excluding steroid dienone is 6. The van der Waals surface area contributed by atoms with E-state index in [-0.39, 0.29) is 0 Å². The summed E-state index contributed by atoms with van der Waals surface area (Å²) in [6.45, 7) is 1.98. The molecule has 0 saturated carbocycles. The lowest BCUT2D eigenvalue weighted by Crippen LogP contribution is -1.91. The molecule has 0 bridgehead atoms. The summed E-state index contributed by atoms with van der Waals surface area (Å²) >= 11 is 0. The normalized spacial score (nSPS) is 12.3. The molecule has 0 aliphatic heterocycles. The maximum Gasteiger partial charge on any atom is 0.0722 e. The minimum Gasteiger partial charge on any atom is -0.168 e. The molecular weight excluding hydrogens is 190 g/mol. The van der Waals surface area contributed by atoms with Gasteiger partial charge >= 0.3 is 0 Å². The van der Waals surface area contributed by atoms with Crippen LogP contribution in [0, 0.1) is 4.91 Å². The van der Waals surface area contributed by atoms with E-state index < -0.39 is 0 Å². The van der Waals surface area contributed by atoms with Crippen molar-refractivity contribution in [3.05, 3.63) is 41.4 Å². The van der Waals surface area contributed by atoms with Gasteiger partial charge in [-0.15, -0.1) is 4.91 Å². The molecule has 1 N–H and O–H groups in total. The van der Waals surface area contributed by atoms with Gasteiger partial charge in [-0.3, -0.25) is 0 Å². The Bertz CT molecular complexity index is 255. The third-order valence-electron chi connectivity index (χ3n) is 1.56. The van der Waals surface area contributed by atoms with Crippen molar-refractivity contribution in [1.29, 1.82) is 0 Å². The summed E-state index contributed by atoms with van der Waals surface area (Å²) in [7, 11) is 0. The fraction of sp³-hybridized carbons (Fsp3) is 0.364. The number of hydrazone groups is 1. The highest BCUT2D eigenvalue weighted by Crippen LogP contribution is 1.94. The number of hydrogen-bond acceptors (Lipinski definition) is 3. The van der Waals surface area contributed by atoms with Gasteiger partial charge in [-0.2, -0.15) is 10.6 Å². The third kappa shape index (κ3) is 12.3. The summed E-state index contributed by atoms with van der Waals surface area (Å²) in [6.07, 6.45) is 16.5. The lowest BCUT2D eigenvalue weighted by atomic mass is 10.2. The minimum atomic E-state index is 0.839. The van der Waals surface area contributed by atoms with Crippen LogP contribution in [-0.4, -0.2) is 6.21 Å². The maximum absolute atomic E-state index is 9.57. The molecule has 0 saturated heterocycles. The average Bonchev–Trinajstić information content (AvgIpc) is 2.26. The first-order chi connectivity index (χ1) is 7.41. The third-order valence-corrected chi connectivity index (χ3v) is 1.56. The molecule has 82 valence electrons. The number of hydrogen-bond donors (Lipinski definition) is 1. The second kappa shape index (κ2) is 12.3. The van der Waals surface area contributed by atoms with Crippen LogP contribution in [0.4, 0.5) is 0 Å². The molecule has 15 heavy (non-hydrogen) atoms. The van der Waals surface area contributed by atoms with E-state index in [1.54, 1.807) is 6.21 Å². The van der Waals surface area contributed by atoms with E-state index in [1.165, 1.54) is 0 Å². The summed E-state index contributed by atoms with van der Waals surface area (Å²) in [5.41, 5.74) is 1.98. The van der Waals surface area contributed by atoms with Gasteiger partial charge in [0, 0.05) is 6.21 Å². The van der Waals surface area contributed by atoms with Crippen molar-refractivity contribution in [2.45, 2.75) is 26.2 Å². The van der Waals surface area contributed by atoms with E-state index in [4.69, 9.17) is 0 Å². The quantitative estimate of drug-likeness (QED) is 0.218. The zero-order valence-corrected chi connectivity index (χ0v) is 8.97. The average molecular weight is 207 g/mol. The maximum atomic E-state index is 9.57. The van der Waals surface area contributed by atoms with E-state index in [2.05, 4.69) is 16.5 Å².